The van der Waals surface area contributed by atoms with Gasteiger partial charge in [-0.25, -0.2) is 13.9 Å². The molecule has 1 aromatic carbocycles. The van der Waals surface area contributed by atoms with Crippen molar-refractivity contribution in [1.82, 2.24) is 19.7 Å². The lowest BCUT2D eigenvalue weighted by atomic mass is 9.90. The van der Waals surface area contributed by atoms with Gasteiger partial charge < -0.3 is 15.3 Å². The number of amides is 1. The Kier molecular flexibility index (Phi) is 5.01. The van der Waals surface area contributed by atoms with Crippen LogP contribution in [0.4, 0.5) is 28.3 Å². The fourth-order valence-electron chi connectivity index (χ4n) is 5.46. The average Bonchev–Trinajstić information content (AvgIpc) is 3.23. The van der Waals surface area contributed by atoms with Crippen molar-refractivity contribution in [3.8, 4) is 0 Å². The van der Waals surface area contributed by atoms with E-state index >= 15 is 0 Å². The molecule has 2 fully saturated rings. The molecule has 2 N–H and O–H groups in total. The quantitative estimate of drug-likeness (QED) is 0.682. The molecule has 7 nitrogen and oxygen atoms in total. The number of nitrogens with zero attached hydrogens (tertiary/aromatic N) is 4. The molecular weight excluding hydrogens is 430 g/mol. The summed E-state index contributed by atoms with van der Waals surface area (Å²) in [7, 11) is 0. The van der Waals surface area contributed by atoms with Gasteiger partial charge in [0.1, 0.15) is 11.6 Å². The number of hydrogen-bond acceptors (Lipinski definition) is 4. The highest BCUT2D eigenvalue weighted by Crippen LogP contribution is 2.40. The number of benzene rings is 1. The molecule has 1 saturated heterocycles. The molecule has 172 valence electrons. The van der Waals surface area contributed by atoms with Crippen LogP contribution < -0.4 is 5.32 Å². The van der Waals surface area contributed by atoms with Crippen molar-refractivity contribution in [2.75, 3.05) is 18.4 Å². The number of likely N-dealkylation sites (tertiary alicyclic amines) is 1. The van der Waals surface area contributed by atoms with E-state index in [1.54, 1.807) is 4.68 Å². The first-order valence-electron chi connectivity index (χ1n) is 10.8. The van der Waals surface area contributed by atoms with E-state index in [-0.39, 0.29) is 23.4 Å². The van der Waals surface area contributed by atoms with E-state index in [4.69, 9.17) is 0 Å². The summed E-state index contributed by atoms with van der Waals surface area (Å²) in [5.41, 5.74) is -0.825. The van der Waals surface area contributed by atoms with Crippen molar-refractivity contribution < 1.29 is 27.5 Å². The first-order chi connectivity index (χ1) is 15.2. The predicted octanol–water partition coefficient (Wildman–Crippen LogP) is 4.16. The number of anilines is 1. The van der Waals surface area contributed by atoms with Crippen molar-refractivity contribution in [3.63, 3.8) is 0 Å². The van der Waals surface area contributed by atoms with Crippen molar-refractivity contribution in [1.29, 1.82) is 0 Å². The van der Waals surface area contributed by atoms with Gasteiger partial charge in [-0.15, -0.1) is 5.10 Å². The van der Waals surface area contributed by atoms with Crippen molar-refractivity contribution in [2.45, 2.75) is 50.4 Å². The molecule has 1 saturated carbocycles. The molecule has 11 heteroatoms. The first-order valence-corrected chi connectivity index (χ1v) is 10.8. The predicted molar refractivity (Wildman–Crippen MR) is 106 cm³/mol. The summed E-state index contributed by atoms with van der Waals surface area (Å²) in [5.74, 6) is -0.0748. The van der Waals surface area contributed by atoms with Gasteiger partial charge >= 0.3 is 12.3 Å². The van der Waals surface area contributed by atoms with E-state index in [1.807, 2.05) is 0 Å². The minimum absolute atomic E-state index is 0.0660. The lowest BCUT2D eigenvalue weighted by molar-refractivity contribution is -0.137. The molecule has 0 radical (unpaired) electrons. The third kappa shape index (κ3) is 3.67. The molecular formula is C21H23F4N5O2. The number of hydrogen-bond donors (Lipinski definition) is 2. The minimum Gasteiger partial charge on any atom is -0.465 e. The maximum atomic E-state index is 14.6. The van der Waals surface area contributed by atoms with Gasteiger partial charge in [-0.2, -0.15) is 18.2 Å². The molecule has 0 spiro atoms. The van der Waals surface area contributed by atoms with Gasteiger partial charge in [0.25, 0.3) is 0 Å². The molecule has 3 aliphatic rings. The lowest BCUT2D eigenvalue weighted by Gasteiger charge is -2.36. The Bertz CT molecular complexity index is 1030. The van der Waals surface area contributed by atoms with Gasteiger partial charge in [-0.1, -0.05) is 6.07 Å². The van der Waals surface area contributed by atoms with Crippen LogP contribution >= 0.6 is 0 Å². The van der Waals surface area contributed by atoms with E-state index in [2.05, 4.69) is 15.4 Å². The highest BCUT2D eigenvalue weighted by Gasteiger charge is 2.44. The fourth-order valence-corrected chi connectivity index (χ4v) is 5.46. The first kappa shape index (κ1) is 21.0. The number of fused-ring (bicyclic) bond motifs is 3. The van der Waals surface area contributed by atoms with Gasteiger partial charge in [-0.05, 0) is 55.2 Å². The summed E-state index contributed by atoms with van der Waals surface area (Å²) in [6.07, 6.45) is -2.36. The molecule has 32 heavy (non-hydrogen) atoms. The highest BCUT2D eigenvalue weighted by molar-refractivity contribution is 5.65. The second kappa shape index (κ2) is 7.63. The maximum absolute atomic E-state index is 14.6. The maximum Gasteiger partial charge on any atom is 0.416 e. The largest absolute Gasteiger partial charge is 0.465 e. The number of rotatable bonds is 3. The minimum atomic E-state index is -4.60. The van der Waals surface area contributed by atoms with Crippen LogP contribution in [0.3, 0.4) is 0 Å². The Morgan fingerprint density at radius 2 is 1.88 bits per heavy atom. The number of aryl methyl sites for hydroxylation is 1. The van der Waals surface area contributed by atoms with Gasteiger partial charge in [0.2, 0.25) is 5.95 Å². The standard InChI is InChI=1S/C21H23F4N5O2/c22-16-8-13(21(23,24)25)5-6-14(16)15-2-1-7-30-18(15)27-19(28-30)26-17-11-3-4-12(17)10-29(9-11)20(31)32/h5-6,8,11-12,15,17H,1-4,7,9-10H2,(H,26,28)(H,31,32). The summed E-state index contributed by atoms with van der Waals surface area (Å²) < 4.78 is 55.0. The number of piperidine rings is 1. The van der Waals surface area contributed by atoms with E-state index in [0.29, 0.717) is 50.3 Å². The zero-order valence-electron chi connectivity index (χ0n) is 17.1. The zero-order chi connectivity index (χ0) is 22.6. The van der Waals surface area contributed by atoms with Crippen LogP contribution in [0.1, 0.15) is 48.6 Å². The molecule has 3 atom stereocenters. The van der Waals surface area contributed by atoms with Crippen molar-refractivity contribution in [3.05, 3.63) is 41.0 Å². The topological polar surface area (TPSA) is 83.3 Å². The second-order valence-electron chi connectivity index (χ2n) is 8.90. The molecule has 1 aromatic heterocycles. The Morgan fingerprint density at radius 3 is 2.50 bits per heavy atom. The number of alkyl halides is 3. The number of carboxylic acid groups (broad SMARTS) is 1. The number of aromatic nitrogens is 3. The van der Waals surface area contributed by atoms with Crippen LogP contribution in [-0.4, -0.2) is 50.0 Å². The summed E-state index contributed by atoms with van der Waals surface area (Å²) in [6, 6.07) is 2.71. The molecule has 1 amide bonds. The van der Waals surface area contributed by atoms with Crippen molar-refractivity contribution in [2.24, 2.45) is 11.8 Å². The zero-order valence-corrected chi connectivity index (χ0v) is 17.1. The Balaban J connectivity index is 1.37. The third-order valence-corrected chi connectivity index (χ3v) is 6.98. The number of nitrogens with one attached hydrogen (secondary N) is 1. The van der Waals surface area contributed by atoms with E-state index in [9.17, 15) is 27.5 Å². The third-order valence-electron chi connectivity index (χ3n) is 6.98. The van der Waals surface area contributed by atoms with Crippen LogP contribution in [0.5, 0.6) is 0 Å². The molecule has 5 rings (SSSR count). The van der Waals surface area contributed by atoms with Crippen LogP contribution in [0.15, 0.2) is 18.2 Å². The fraction of sp³-hybridized carbons (Fsp3) is 0.571. The van der Waals surface area contributed by atoms with Crippen LogP contribution in [0, 0.1) is 17.7 Å². The number of halogens is 4. The van der Waals surface area contributed by atoms with E-state index in [0.717, 1.165) is 18.9 Å². The lowest BCUT2D eigenvalue weighted by Crippen LogP contribution is -2.49. The highest BCUT2D eigenvalue weighted by atomic mass is 19.4. The van der Waals surface area contributed by atoms with E-state index in [1.165, 1.54) is 11.0 Å². The van der Waals surface area contributed by atoms with Gasteiger partial charge in [0, 0.05) is 31.6 Å². The average molecular weight is 453 g/mol. The van der Waals surface area contributed by atoms with Gasteiger partial charge in [-0.3, -0.25) is 0 Å². The summed E-state index contributed by atoms with van der Waals surface area (Å²) in [4.78, 5) is 17.4. The Labute approximate surface area is 181 Å². The van der Waals surface area contributed by atoms with E-state index < -0.39 is 29.6 Å². The van der Waals surface area contributed by atoms with Crippen LogP contribution in [0.2, 0.25) is 0 Å². The van der Waals surface area contributed by atoms with Gasteiger partial charge in [0.05, 0.1) is 5.56 Å². The normalized spacial score (nSPS) is 27.3. The Hall–Kier alpha value is -2.85. The second-order valence-corrected chi connectivity index (χ2v) is 8.90. The molecule has 2 aromatic rings. The molecule has 3 unspecified atom stereocenters. The summed E-state index contributed by atoms with van der Waals surface area (Å²) >= 11 is 0. The number of carbonyl (C=O) groups is 1. The summed E-state index contributed by atoms with van der Waals surface area (Å²) in [6.45, 7) is 1.54. The molecule has 1 aliphatic carbocycles. The molecule has 3 heterocycles. The van der Waals surface area contributed by atoms with Crippen LogP contribution in [0.25, 0.3) is 0 Å². The monoisotopic (exact) mass is 453 g/mol. The molecule has 2 aliphatic heterocycles. The molecule has 2 bridgehead atoms. The smallest absolute Gasteiger partial charge is 0.416 e. The van der Waals surface area contributed by atoms with Crippen LogP contribution in [-0.2, 0) is 12.7 Å². The Morgan fingerprint density at radius 1 is 1.16 bits per heavy atom. The summed E-state index contributed by atoms with van der Waals surface area (Å²) in [5, 5.41) is 17.2. The van der Waals surface area contributed by atoms with Gasteiger partial charge in [0.15, 0.2) is 0 Å². The van der Waals surface area contributed by atoms with Crippen molar-refractivity contribution >= 4 is 12.0 Å². The SMILES string of the molecule is O=C(O)N1CC2CCC(C1)C2Nc1nc2n(n1)CCCC2c1ccc(C(F)(F)F)cc1F.